The van der Waals surface area contributed by atoms with E-state index in [4.69, 9.17) is 44.9 Å². The summed E-state index contributed by atoms with van der Waals surface area (Å²) in [7, 11) is 0. The van der Waals surface area contributed by atoms with Crippen LogP contribution in [0, 0.1) is 6.92 Å². The summed E-state index contributed by atoms with van der Waals surface area (Å²) < 4.78 is 1.87. The van der Waals surface area contributed by atoms with E-state index in [-0.39, 0.29) is 6.04 Å². The van der Waals surface area contributed by atoms with Crippen molar-refractivity contribution in [3.63, 3.8) is 0 Å². The van der Waals surface area contributed by atoms with E-state index in [0.29, 0.717) is 15.1 Å². The number of aliphatic imine (C=N–C) groups is 1. The van der Waals surface area contributed by atoms with Crippen LogP contribution in [0.5, 0.6) is 0 Å². The highest BCUT2D eigenvalue weighted by atomic mass is 35.5. The van der Waals surface area contributed by atoms with E-state index >= 15 is 0 Å². The van der Waals surface area contributed by atoms with Crippen LogP contribution in [0.2, 0.25) is 15.1 Å². The summed E-state index contributed by atoms with van der Waals surface area (Å²) in [6.45, 7) is 2.01. The summed E-state index contributed by atoms with van der Waals surface area (Å²) in [5, 5.41) is 6.75. The maximum absolute atomic E-state index is 6.77. The van der Waals surface area contributed by atoms with Crippen LogP contribution in [0.25, 0.3) is 11.8 Å². The molecule has 0 aliphatic carbocycles. The summed E-state index contributed by atoms with van der Waals surface area (Å²) in [6.07, 6.45) is 4.13. The maximum atomic E-state index is 6.77. The first-order valence-electron chi connectivity index (χ1n) is 10.5. The lowest BCUT2D eigenvalue weighted by Crippen LogP contribution is -2.39. The second-order valence-corrected chi connectivity index (χ2v) is 9.29. The first-order valence-corrected chi connectivity index (χ1v) is 11.6. The number of halogens is 3. The molecular formula is C26H17Cl3N4. The van der Waals surface area contributed by atoms with Gasteiger partial charge in [-0.3, -0.25) is 0 Å². The Hall–Kier alpha value is -3.05. The normalized spacial score (nSPS) is 16.2. The number of nitrogens with zero attached hydrogens (tertiary/aromatic N) is 4. The SMILES string of the molecule is Cc1nn(-c2ccc(Cl)cc2)c2c1[C@@H](c1ccc(Cl)cc1Cl)N1C(=N2)C=Cc2ccccc21. The van der Waals surface area contributed by atoms with E-state index < -0.39 is 0 Å². The highest BCUT2D eigenvalue weighted by Gasteiger charge is 2.38. The second-order valence-electron chi connectivity index (χ2n) is 8.01. The molecule has 0 amide bonds. The lowest BCUT2D eigenvalue weighted by atomic mass is 9.92. The summed E-state index contributed by atoms with van der Waals surface area (Å²) in [5.74, 6) is 1.61. The van der Waals surface area contributed by atoms with E-state index in [9.17, 15) is 0 Å². The van der Waals surface area contributed by atoms with Gasteiger partial charge in [-0.25, -0.2) is 9.67 Å². The van der Waals surface area contributed by atoms with Crippen molar-refractivity contribution in [2.24, 2.45) is 4.99 Å². The molecule has 162 valence electrons. The van der Waals surface area contributed by atoms with Gasteiger partial charge in [-0.2, -0.15) is 5.10 Å². The highest BCUT2D eigenvalue weighted by Crippen LogP contribution is 2.48. The van der Waals surface area contributed by atoms with Gasteiger partial charge in [0.1, 0.15) is 5.84 Å². The third kappa shape index (κ3) is 3.29. The first-order chi connectivity index (χ1) is 16.0. The van der Waals surface area contributed by atoms with Gasteiger partial charge in [0.15, 0.2) is 5.82 Å². The Bertz CT molecular complexity index is 1470. The molecule has 4 nitrogen and oxygen atoms in total. The van der Waals surface area contributed by atoms with E-state index in [1.165, 1.54) is 0 Å². The fourth-order valence-electron chi connectivity index (χ4n) is 4.55. The van der Waals surface area contributed by atoms with Crippen LogP contribution in [-0.2, 0) is 0 Å². The standard InChI is InChI=1S/C26H17Cl3N4/c1-15-24-25(20-12-9-18(28)14-21(20)29)32-22-5-3-2-4-16(22)6-13-23(32)30-26(24)33(31-15)19-10-7-17(27)8-11-19/h2-14,25H,1H3/t25-/m1/s1. The van der Waals surface area contributed by atoms with Crippen molar-refractivity contribution in [3.05, 3.63) is 110 Å². The lowest BCUT2D eigenvalue weighted by molar-refractivity contribution is 0.814. The zero-order valence-corrected chi connectivity index (χ0v) is 19.8. The Labute approximate surface area is 206 Å². The number of hydrogen-bond donors (Lipinski definition) is 0. The molecule has 3 aromatic carbocycles. The van der Waals surface area contributed by atoms with E-state index in [0.717, 1.165) is 45.4 Å². The molecule has 0 N–H and O–H groups in total. The molecule has 1 atom stereocenters. The van der Waals surface area contributed by atoms with E-state index in [2.05, 4.69) is 23.1 Å². The maximum Gasteiger partial charge on any atom is 0.163 e. The Morgan fingerprint density at radius 3 is 2.39 bits per heavy atom. The molecule has 0 fully saturated rings. The highest BCUT2D eigenvalue weighted by molar-refractivity contribution is 6.35. The van der Waals surface area contributed by atoms with Crippen molar-refractivity contribution >= 4 is 58.2 Å². The van der Waals surface area contributed by atoms with Gasteiger partial charge in [-0.05, 0) is 72.7 Å². The summed E-state index contributed by atoms with van der Waals surface area (Å²) in [4.78, 5) is 7.29. The molecule has 0 bridgehead atoms. The molecule has 0 radical (unpaired) electrons. The van der Waals surface area contributed by atoms with Crippen LogP contribution >= 0.6 is 34.8 Å². The smallest absolute Gasteiger partial charge is 0.163 e. The van der Waals surface area contributed by atoms with Crippen molar-refractivity contribution in [1.82, 2.24) is 9.78 Å². The average molecular weight is 492 g/mol. The number of hydrogen-bond acceptors (Lipinski definition) is 3. The summed E-state index contributed by atoms with van der Waals surface area (Å²) in [6, 6.07) is 21.3. The van der Waals surface area contributed by atoms with Crippen molar-refractivity contribution in [1.29, 1.82) is 0 Å². The number of para-hydroxylation sites is 1. The molecule has 0 saturated heterocycles. The van der Waals surface area contributed by atoms with Gasteiger partial charge in [0.2, 0.25) is 0 Å². The molecule has 0 unspecified atom stereocenters. The molecule has 0 spiro atoms. The molecule has 3 heterocycles. The Morgan fingerprint density at radius 1 is 0.848 bits per heavy atom. The quantitative estimate of drug-likeness (QED) is 0.286. The molecule has 0 saturated carbocycles. The third-order valence-corrected chi connectivity index (χ3v) is 6.83. The van der Waals surface area contributed by atoms with Gasteiger partial charge in [0.05, 0.1) is 23.1 Å². The minimum absolute atomic E-state index is 0.218. The fourth-order valence-corrected chi connectivity index (χ4v) is 5.19. The van der Waals surface area contributed by atoms with Gasteiger partial charge in [-0.15, -0.1) is 0 Å². The van der Waals surface area contributed by atoms with Crippen molar-refractivity contribution in [3.8, 4) is 5.69 Å². The minimum Gasteiger partial charge on any atom is -0.314 e. The van der Waals surface area contributed by atoms with Gasteiger partial charge in [0, 0.05) is 20.6 Å². The Balaban J connectivity index is 1.65. The molecule has 1 aromatic heterocycles. The minimum atomic E-state index is -0.218. The lowest BCUT2D eigenvalue weighted by Gasteiger charge is -2.39. The zero-order chi connectivity index (χ0) is 22.7. The summed E-state index contributed by atoms with van der Waals surface area (Å²) >= 11 is 19.1. The number of rotatable bonds is 2. The van der Waals surface area contributed by atoms with Crippen LogP contribution < -0.4 is 4.90 Å². The molecule has 2 aliphatic heterocycles. The second kappa shape index (κ2) is 7.77. The van der Waals surface area contributed by atoms with Gasteiger partial charge in [0.25, 0.3) is 0 Å². The molecule has 4 aromatic rings. The fraction of sp³-hybridized carbons (Fsp3) is 0.0769. The van der Waals surface area contributed by atoms with E-state index in [1.807, 2.05) is 66.2 Å². The van der Waals surface area contributed by atoms with Gasteiger partial charge in [-0.1, -0.05) is 59.1 Å². The van der Waals surface area contributed by atoms with Crippen LogP contribution in [0.1, 0.15) is 28.4 Å². The van der Waals surface area contributed by atoms with Gasteiger partial charge >= 0.3 is 0 Å². The largest absolute Gasteiger partial charge is 0.314 e. The Morgan fingerprint density at radius 2 is 1.61 bits per heavy atom. The molecule has 2 aliphatic rings. The summed E-state index contributed by atoms with van der Waals surface area (Å²) in [5.41, 5.74) is 5.91. The molecule has 33 heavy (non-hydrogen) atoms. The van der Waals surface area contributed by atoms with Crippen molar-refractivity contribution in [2.45, 2.75) is 13.0 Å². The van der Waals surface area contributed by atoms with Crippen LogP contribution in [-0.4, -0.2) is 15.6 Å². The Kier molecular flexibility index (Phi) is 4.84. The predicted molar refractivity (Wildman–Crippen MR) is 137 cm³/mol. The number of aromatic nitrogens is 2. The number of aryl methyl sites for hydroxylation is 1. The first kappa shape index (κ1) is 20.5. The zero-order valence-electron chi connectivity index (χ0n) is 17.5. The number of benzene rings is 3. The van der Waals surface area contributed by atoms with Gasteiger partial charge < -0.3 is 4.90 Å². The molecule has 6 rings (SSSR count). The predicted octanol–water partition coefficient (Wildman–Crippen LogP) is 7.81. The third-order valence-electron chi connectivity index (χ3n) is 6.02. The average Bonchev–Trinajstić information content (AvgIpc) is 3.14. The van der Waals surface area contributed by atoms with E-state index in [1.54, 1.807) is 6.07 Å². The van der Waals surface area contributed by atoms with Crippen molar-refractivity contribution < 1.29 is 0 Å². The number of fused-ring (bicyclic) bond motifs is 4. The molecule has 7 heteroatoms. The van der Waals surface area contributed by atoms with Crippen LogP contribution in [0.4, 0.5) is 11.5 Å². The number of amidine groups is 1. The van der Waals surface area contributed by atoms with Crippen LogP contribution in [0.3, 0.4) is 0 Å². The monoisotopic (exact) mass is 490 g/mol. The number of anilines is 1. The topological polar surface area (TPSA) is 33.4 Å². The van der Waals surface area contributed by atoms with Crippen LogP contribution in [0.15, 0.2) is 77.8 Å². The molecular weight excluding hydrogens is 475 g/mol. The van der Waals surface area contributed by atoms with Crippen molar-refractivity contribution in [2.75, 3.05) is 4.90 Å².